The van der Waals surface area contributed by atoms with Gasteiger partial charge in [0.05, 0.1) is 24.0 Å². The van der Waals surface area contributed by atoms with Crippen LogP contribution < -0.4 is 10.9 Å². The van der Waals surface area contributed by atoms with Crippen LogP contribution in [-0.2, 0) is 0 Å². The van der Waals surface area contributed by atoms with Gasteiger partial charge >= 0.3 is 0 Å². The second-order valence-electron chi connectivity index (χ2n) is 4.85. The lowest BCUT2D eigenvalue weighted by atomic mass is 10.1. The maximum atomic E-state index is 12.0. The molecule has 0 aliphatic rings. The van der Waals surface area contributed by atoms with Gasteiger partial charge in [-0.25, -0.2) is 4.68 Å². The number of anilines is 1. The van der Waals surface area contributed by atoms with E-state index in [4.69, 9.17) is 0 Å². The molecule has 0 aromatic carbocycles. The van der Waals surface area contributed by atoms with Gasteiger partial charge in [0.25, 0.3) is 5.56 Å². The van der Waals surface area contributed by atoms with E-state index in [1.165, 1.54) is 4.68 Å². The maximum absolute atomic E-state index is 12.0. The first-order valence-corrected chi connectivity index (χ1v) is 6.84. The molecule has 1 aromatic heterocycles. The smallest absolute Gasteiger partial charge is 0.283 e. The predicted molar refractivity (Wildman–Crippen MR) is 76.0 cm³/mol. The summed E-state index contributed by atoms with van der Waals surface area (Å²) in [4.78, 5) is 12.0. The molecule has 1 rings (SSSR count). The normalized spacial score (nSPS) is 14.6. The lowest BCUT2D eigenvalue weighted by Crippen LogP contribution is -2.28. The van der Waals surface area contributed by atoms with Crippen LogP contribution in [-0.4, -0.2) is 27.0 Å². The highest BCUT2D eigenvalue weighted by Gasteiger charge is 2.13. The molecule has 0 fully saturated rings. The van der Waals surface area contributed by atoms with Crippen LogP contribution in [0.2, 0.25) is 0 Å². The minimum atomic E-state index is -0.379. The van der Waals surface area contributed by atoms with Crippen molar-refractivity contribution >= 4 is 21.6 Å². The minimum Gasteiger partial charge on any atom is -0.393 e. The quantitative estimate of drug-likeness (QED) is 0.873. The molecular formula is C12H20BrN3O2. The minimum absolute atomic E-state index is 0.0257. The molecule has 0 amide bonds. The average Bonchev–Trinajstić information content (AvgIpc) is 2.23. The van der Waals surface area contributed by atoms with Gasteiger partial charge < -0.3 is 10.4 Å². The molecule has 0 aliphatic heterocycles. The van der Waals surface area contributed by atoms with Gasteiger partial charge in [-0.15, -0.1) is 0 Å². The van der Waals surface area contributed by atoms with Crippen LogP contribution in [0.25, 0.3) is 0 Å². The molecule has 6 heteroatoms. The zero-order chi connectivity index (χ0) is 13.9. The van der Waals surface area contributed by atoms with Crippen LogP contribution in [0.1, 0.15) is 40.2 Å². The molecule has 0 radical (unpaired) electrons. The van der Waals surface area contributed by atoms with Crippen molar-refractivity contribution in [1.29, 1.82) is 0 Å². The Morgan fingerprint density at radius 2 is 2.06 bits per heavy atom. The summed E-state index contributed by atoms with van der Waals surface area (Å²) in [5, 5.41) is 16.6. The molecular weight excluding hydrogens is 298 g/mol. The Labute approximate surface area is 115 Å². The third kappa shape index (κ3) is 3.81. The van der Waals surface area contributed by atoms with Crippen molar-refractivity contribution in [2.45, 2.75) is 52.3 Å². The van der Waals surface area contributed by atoms with Crippen LogP contribution in [0.15, 0.2) is 15.5 Å². The summed E-state index contributed by atoms with van der Waals surface area (Å²) in [6, 6.07) is 0.0927. The van der Waals surface area contributed by atoms with Crippen LogP contribution in [0.3, 0.4) is 0 Å². The first-order chi connectivity index (χ1) is 8.32. The number of hydrogen-bond acceptors (Lipinski definition) is 4. The predicted octanol–water partition coefficient (Wildman–Crippen LogP) is 2.16. The lowest BCUT2D eigenvalue weighted by molar-refractivity contribution is 0.179. The van der Waals surface area contributed by atoms with Crippen molar-refractivity contribution in [3.8, 4) is 0 Å². The second kappa shape index (κ2) is 6.33. The summed E-state index contributed by atoms with van der Waals surface area (Å²) >= 11 is 3.30. The highest BCUT2D eigenvalue weighted by atomic mass is 79.9. The van der Waals surface area contributed by atoms with Gasteiger partial charge in [-0.05, 0) is 50.0 Å². The van der Waals surface area contributed by atoms with E-state index >= 15 is 0 Å². The summed E-state index contributed by atoms with van der Waals surface area (Å²) in [6.45, 7) is 7.50. The Bertz CT molecular complexity index is 457. The van der Waals surface area contributed by atoms with E-state index in [1.807, 2.05) is 20.8 Å². The SMILES string of the molecule is CC(O)CC(C)Nc1cnn(C(C)C)c(=O)c1Br. The Morgan fingerprint density at radius 3 is 2.56 bits per heavy atom. The van der Waals surface area contributed by atoms with Gasteiger partial charge in [-0.2, -0.15) is 5.10 Å². The van der Waals surface area contributed by atoms with E-state index < -0.39 is 0 Å². The lowest BCUT2D eigenvalue weighted by Gasteiger charge is -2.18. The van der Waals surface area contributed by atoms with Crippen LogP contribution in [0.5, 0.6) is 0 Å². The van der Waals surface area contributed by atoms with Crippen molar-refractivity contribution < 1.29 is 5.11 Å². The van der Waals surface area contributed by atoms with Crippen molar-refractivity contribution in [1.82, 2.24) is 9.78 Å². The fourth-order valence-corrected chi connectivity index (χ4v) is 2.15. The summed E-state index contributed by atoms with van der Waals surface area (Å²) in [7, 11) is 0. The van der Waals surface area contributed by atoms with E-state index in [2.05, 4.69) is 26.3 Å². The molecule has 0 bridgehead atoms. The monoisotopic (exact) mass is 317 g/mol. The standard InChI is InChI=1S/C12H20BrN3O2/c1-7(2)16-12(18)11(13)10(6-14-16)15-8(3)5-9(4)17/h6-9,15,17H,5H2,1-4H3. The summed E-state index contributed by atoms with van der Waals surface area (Å²) in [5.41, 5.74) is 0.504. The van der Waals surface area contributed by atoms with Gasteiger partial charge in [0.2, 0.25) is 0 Å². The Balaban J connectivity index is 2.92. The Morgan fingerprint density at radius 1 is 1.44 bits per heavy atom. The summed E-state index contributed by atoms with van der Waals surface area (Å²) in [6.07, 6.45) is 1.86. The van der Waals surface area contributed by atoms with Crippen molar-refractivity contribution in [2.24, 2.45) is 0 Å². The molecule has 2 atom stereocenters. The van der Waals surface area contributed by atoms with E-state index in [1.54, 1.807) is 13.1 Å². The zero-order valence-corrected chi connectivity index (χ0v) is 12.7. The van der Waals surface area contributed by atoms with Crippen LogP contribution >= 0.6 is 15.9 Å². The van der Waals surface area contributed by atoms with Gasteiger partial charge in [0.15, 0.2) is 0 Å². The highest BCUT2D eigenvalue weighted by Crippen LogP contribution is 2.19. The third-order valence-corrected chi connectivity index (χ3v) is 3.30. The van der Waals surface area contributed by atoms with E-state index in [9.17, 15) is 9.90 Å². The molecule has 2 N–H and O–H groups in total. The Kier molecular flexibility index (Phi) is 5.34. The van der Waals surface area contributed by atoms with Crippen molar-refractivity contribution in [3.63, 3.8) is 0 Å². The number of aromatic nitrogens is 2. The van der Waals surface area contributed by atoms with E-state index in [0.29, 0.717) is 16.6 Å². The average molecular weight is 318 g/mol. The molecule has 0 saturated heterocycles. The number of nitrogens with one attached hydrogen (secondary N) is 1. The van der Waals surface area contributed by atoms with Gasteiger partial charge in [-0.1, -0.05) is 0 Å². The summed E-state index contributed by atoms with van der Waals surface area (Å²) < 4.78 is 1.90. The third-order valence-electron chi connectivity index (χ3n) is 2.53. The number of nitrogens with zero attached hydrogens (tertiary/aromatic N) is 2. The van der Waals surface area contributed by atoms with Crippen molar-refractivity contribution in [3.05, 3.63) is 21.0 Å². The molecule has 102 valence electrons. The highest BCUT2D eigenvalue weighted by molar-refractivity contribution is 9.10. The zero-order valence-electron chi connectivity index (χ0n) is 11.1. The maximum Gasteiger partial charge on any atom is 0.283 e. The first-order valence-electron chi connectivity index (χ1n) is 6.04. The van der Waals surface area contributed by atoms with Gasteiger partial charge in [0.1, 0.15) is 4.47 Å². The molecule has 2 unspecified atom stereocenters. The molecule has 1 heterocycles. The molecule has 1 aromatic rings. The van der Waals surface area contributed by atoms with Crippen LogP contribution in [0, 0.1) is 0 Å². The van der Waals surface area contributed by atoms with Crippen LogP contribution in [0.4, 0.5) is 5.69 Å². The van der Waals surface area contributed by atoms with Gasteiger partial charge in [-0.3, -0.25) is 4.79 Å². The molecule has 18 heavy (non-hydrogen) atoms. The van der Waals surface area contributed by atoms with Gasteiger partial charge in [0, 0.05) is 6.04 Å². The van der Waals surface area contributed by atoms with E-state index in [-0.39, 0.29) is 23.7 Å². The molecule has 0 saturated carbocycles. The number of rotatable bonds is 5. The fraction of sp³-hybridized carbons (Fsp3) is 0.667. The largest absolute Gasteiger partial charge is 0.393 e. The number of hydrogen-bond donors (Lipinski definition) is 2. The fourth-order valence-electron chi connectivity index (χ4n) is 1.75. The number of aliphatic hydroxyl groups excluding tert-OH is 1. The molecule has 0 aliphatic carbocycles. The molecule has 5 nitrogen and oxygen atoms in total. The summed E-state index contributed by atoms with van der Waals surface area (Å²) in [5.74, 6) is 0. The van der Waals surface area contributed by atoms with E-state index in [0.717, 1.165) is 0 Å². The number of halogens is 1. The van der Waals surface area contributed by atoms with Crippen molar-refractivity contribution in [2.75, 3.05) is 5.32 Å². The number of aliphatic hydroxyl groups is 1. The molecule has 0 spiro atoms. The Hall–Kier alpha value is -0.880. The second-order valence-corrected chi connectivity index (χ2v) is 5.64. The topological polar surface area (TPSA) is 67.2 Å². The first kappa shape index (κ1) is 15.2.